The molecule has 0 aliphatic heterocycles. The summed E-state index contributed by atoms with van der Waals surface area (Å²) in [5, 5.41) is 12.7. The Morgan fingerprint density at radius 1 is 1.38 bits per heavy atom. The second-order valence-corrected chi connectivity index (χ2v) is 6.30. The van der Waals surface area contributed by atoms with E-state index in [4.69, 9.17) is 4.74 Å². The average Bonchev–Trinajstić information content (AvgIpc) is 3.08. The van der Waals surface area contributed by atoms with Gasteiger partial charge in [0.2, 0.25) is 5.91 Å². The largest absolute Gasteiger partial charge is 0.497 e. The van der Waals surface area contributed by atoms with Crippen molar-refractivity contribution in [1.82, 2.24) is 5.32 Å². The smallest absolute Gasteiger partial charge is 0.224 e. The number of ether oxygens (including phenoxy) is 1. The lowest BCUT2D eigenvalue weighted by Gasteiger charge is -2.30. The van der Waals surface area contributed by atoms with Crippen molar-refractivity contribution in [3.63, 3.8) is 0 Å². The fourth-order valence-corrected chi connectivity index (χ4v) is 4.10. The molecule has 2 saturated carbocycles. The van der Waals surface area contributed by atoms with Gasteiger partial charge < -0.3 is 15.2 Å². The van der Waals surface area contributed by atoms with Crippen LogP contribution >= 0.6 is 0 Å². The van der Waals surface area contributed by atoms with E-state index in [1.807, 2.05) is 24.3 Å². The van der Waals surface area contributed by atoms with Gasteiger partial charge in [-0.15, -0.1) is 0 Å². The van der Waals surface area contributed by atoms with Crippen molar-refractivity contribution in [2.75, 3.05) is 13.7 Å². The van der Waals surface area contributed by atoms with Crippen LogP contribution in [-0.4, -0.2) is 30.8 Å². The summed E-state index contributed by atoms with van der Waals surface area (Å²) in [7, 11) is 1.63. The first kappa shape index (κ1) is 14.4. The predicted molar refractivity (Wildman–Crippen MR) is 80.0 cm³/mol. The number of aliphatic hydroxyl groups is 1. The van der Waals surface area contributed by atoms with Crippen LogP contribution < -0.4 is 10.1 Å². The number of amides is 1. The molecule has 2 N–H and O–H groups in total. The Balaban J connectivity index is 1.61. The topological polar surface area (TPSA) is 58.6 Å². The fraction of sp³-hybridized carbons (Fsp3) is 0.588. The normalized spacial score (nSPS) is 30.4. The second kappa shape index (κ2) is 6.06. The molecule has 2 aliphatic rings. The van der Waals surface area contributed by atoms with E-state index >= 15 is 0 Å². The van der Waals surface area contributed by atoms with Crippen LogP contribution in [-0.2, 0) is 11.2 Å². The van der Waals surface area contributed by atoms with Gasteiger partial charge in [0, 0.05) is 18.6 Å². The first-order valence-electron chi connectivity index (χ1n) is 7.74. The average molecular weight is 289 g/mol. The Bertz CT molecular complexity index is 517. The van der Waals surface area contributed by atoms with Gasteiger partial charge in [0.1, 0.15) is 5.75 Å². The number of carbonyl (C=O) groups is 1. The molecular formula is C17H23NO3. The zero-order valence-electron chi connectivity index (χ0n) is 12.4. The third-order valence-electron chi connectivity index (χ3n) is 5.13. The van der Waals surface area contributed by atoms with Crippen molar-refractivity contribution in [3.8, 4) is 5.75 Å². The summed E-state index contributed by atoms with van der Waals surface area (Å²) in [4.78, 5) is 12.3. The number of fused-ring (bicyclic) bond motifs is 2. The summed E-state index contributed by atoms with van der Waals surface area (Å²) in [5.74, 6) is 2.22. The number of rotatable bonds is 5. The third-order valence-corrected chi connectivity index (χ3v) is 5.13. The molecule has 4 unspecified atom stereocenters. The van der Waals surface area contributed by atoms with E-state index in [-0.39, 0.29) is 24.5 Å². The molecule has 1 aromatic rings. The van der Waals surface area contributed by atoms with Crippen LogP contribution in [0.25, 0.3) is 0 Å². The van der Waals surface area contributed by atoms with Gasteiger partial charge in [0.15, 0.2) is 0 Å². The molecule has 3 rings (SSSR count). The minimum atomic E-state index is 0.0410. The molecule has 0 radical (unpaired) electrons. The van der Waals surface area contributed by atoms with Crippen molar-refractivity contribution in [1.29, 1.82) is 0 Å². The van der Waals surface area contributed by atoms with E-state index in [2.05, 4.69) is 5.32 Å². The number of carbonyl (C=O) groups excluding carboxylic acids is 1. The number of nitrogens with one attached hydrogen (secondary N) is 1. The maximum Gasteiger partial charge on any atom is 0.224 e. The maximum atomic E-state index is 12.3. The summed E-state index contributed by atoms with van der Waals surface area (Å²) in [6, 6.07) is 7.76. The number of aliphatic hydroxyl groups excluding tert-OH is 1. The zero-order valence-corrected chi connectivity index (χ0v) is 12.4. The van der Waals surface area contributed by atoms with Gasteiger partial charge in [-0.05, 0) is 48.8 Å². The van der Waals surface area contributed by atoms with Gasteiger partial charge >= 0.3 is 0 Å². The Morgan fingerprint density at radius 2 is 2.19 bits per heavy atom. The van der Waals surface area contributed by atoms with E-state index in [0.29, 0.717) is 18.3 Å². The van der Waals surface area contributed by atoms with Gasteiger partial charge in [0.25, 0.3) is 0 Å². The molecule has 0 saturated heterocycles. The lowest BCUT2D eigenvalue weighted by Crippen LogP contribution is -2.45. The monoisotopic (exact) mass is 289 g/mol. The van der Waals surface area contributed by atoms with E-state index < -0.39 is 0 Å². The minimum absolute atomic E-state index is 0.0410. The van der Waals surface area contributed by atoms with Crippen LogP contribution in [0.5, 0.6) is 5.75 Å². The first-order valence-corrected chi connectivity index (χ1v) is 7.74. The molecule has 1 aromatic carbocycles. The molecule has 0 heterocycles. The Hall–Kier alpha value is -1.55. The molecule has 4 heteroatoms. The molecule has 2 aliphatic carbocycles. The molecule has 2 bridgehead atoms. The van der Waals surface area contributed by atoms with Crippen LogP contribution in [0.4, 0.5) is 0 Å². The van der Waals surface area contributed by atoms with Gasteiger partial charge in [-0.2, -0.15) is 0 Å². The summed E-state index contributed by atoms with van der Waals surface area (Å²) in [5.41, 5.74) is 0.954. The maximum absolute atomic E-state index is 12.3. The number of hydrogen-bond donors (Lipinski definition) is 2. The molecule has 2 fully saturated rings. The Labute approximate surface area is 125 Å². The third kappa shape index (κ3) is 2.91. The highest BCUT2D eigenvalue weighted by Crippen LogP contribution is 2.48. The van der Waals surface area contributed by atoms with Crippen molar-refractivity contribution in [2.45, 2.75) is 31.7 Å². The van der Waals surface area contributed by atoms with E-state index in [1.54, 1.807) is 7.11 Å². The molecular weight excluding hydrogens is 266 g/mol. The summed E-state index contributed by atoms with van der Waals surface area (Å²) < 4.78 is 5.18. The summed E-state index contributed by atoms with van der Waals surface area (Å²) in [6.07, 6.45) is 3.92. The minimum Gasteiger partial charge on any atom is -0.497 e. The predicted octanol–water partition coefficient (Wildman–Crippen LogP) is 1.76. The van der Waals surface area contributed by atoms with Crippen molar-refractivity contribution in [2.24, 2.45) is 17.8 Å². The van der Waals surface area contributed by atoms with Gasteiger partial charge in [-0.25, -0.2) is 0 Å². The van der Waals surface area contributed by atoms with Gasteiger partial charge in [-0.3, -0.25) is 4.79 Å². The van der Waals surface area contributed by atoms with E-state index in [0.717, 1.165) is 17.7 Å². The fourth-order valence-electron chi connectivity index (χ4n) is 4.10. The van der Waals surface area contributed by atoms with E-state index in [1.165, 1.54) is 12.8 Å². The molecule has 4 nitrogen and oxygen atoms in total. The highest BCUT2D eigenvalue weighted by atomic mass is 16.5. The quantitative estimate of drug-likeness (QED) is 0.868. The second-order valence-electron chi connectivity index (χ2n) is 6.30. The number of methoxy groups -OCH3 is 1. The van der Waals surface area contributed by atoms with Crippen molar-refractivity contribution < 1.29 is 14.6 Å². The summed E-state index contributed by atoms with van der Waals surface area (Å²) in [6.45, 7) is 0.186. The Kier molecular flexibility index (Phi) is 4.15. The van der Waals surface area contributed by atoms with Crippen LogP contribution in [0.15, 0.2) is 24.3 Å². The summed E-state index contributed by atoms with van der Waals surface area (Å²) >= 11 is 0. The molecule has 114 valence electrons. The van der Waals surface area contributed by atoms with Crippen LogP contribution in [0.2, 0.25) is 0 Å². The molecule has 4 atom stereocenters. The SMILES string of the molecule is COc1cccc(CC(=O)NC2C3CCC(C3)C2CO)c1. The van der Waals surface area contributed by atoms with Crippen molar-refractivity contribution in [3.05, 3.63) is 29.8 Å². The van der Waals surface area contributed by atoms with Crippen LogP contribution in [0.3, 0.4) is 0 Å². The molecule has 1 amide bonds. The van der Waals surface area contributed by atoms with Crippen LogP contribution in [0, 0.1) is 17.8 Å². The van der Waals surface area contributed by atoms with E-state index in [9.17, 15) is 9.90 Å². The zero-order chi connectivity index (χ0) is 14.8. The number of hydrogen-bond acceptors (Lipinski definition) is 3. The molecule has 0 spiro atoms. The molecule has 0 aromatic heterocycles. The number of benzene rings is 1. The highest BCUT2D eigenvalue weighted by Gasteiger charge is 2.47. The first-order chi connectivity index (χ1) is 10.2. The highest BCUT2D eigenvalue weighted by molar-refractivity contribution is 5.79. The van der Waals surface area contributed by atoms with Gasteiger partial charge in [0.05, 0.1) is 13.5 Å². The lowest BCUT2D eigenvalue weighted by atomic mass is 9.85. The Morgan fingerprint density at radius 3 is 2.95 bits per heavy atom. The standard InChI is InChI=1S/C17H23NO3/c1-21-14-4-2-3-11(7-14)8-16(20)18-17-13-6-5-12(9-13)15(17)10-19/h2-4,7,12-13,15,17,19H,5-6,8-10H2,1H3,(H,18,20). The lowest BCUT2D eigenvalue weighted by molar-refractivity contribution is -0.122. The van der Waals surface area contributed by atoms with Crippen molar-refractivity contribution >= 4 is 5.91 Å². The van der Waals surface area contributed by atoms with Crippen LogP contribution in [0.1, 0.15) is 24.8 Å². The molecule has 21 heavy (non-hydrogen) atoms. The van der Waals surface area contributed by atoms with Gasteiger partial charge in [-0.1, -0.05) is 12.1 Å².